The number of hydrogen-bond donors (Lipinski definition) is 1. The molecule has 1 N–H and O–H groups in total. The molecule has 0 saturated carbocycles. The molecule has 0 aliphatic heterocycles. The monoisotopic (exact) mass is 292 g/mol. The molecule has 0 aliphatic carbocycles. The first kappa shape index (κ1) is 14.4. The molecule has 0 spiro atoms. The van der Waals surface area contributed by atoms with E-state index in [1.807, 2.05) is 30.5 Å². The van der Waals surface area contributed by atoms with E-state index in [-0.39, 0.29) is 12.2 Å². The number of benzene rings is 2. The van der Waals surface area contributed by atoms with Crippen LogP contribution in [0, 0.1) is 5.82 Å². The molecule has 0 radical (unpaired) electrons. The van der Waals surface area contributed by atoms with Crippen molar-refractivity contribution in [2.24, 2.45) is 0 Å². The maximum atomic E-state index is 13.5. The molecule has 0 heterocycles. The van der Waals surface area contributed by atoms with Crippen LogP contribution in [-0.4, -0.2) is 17.3 Å². The molecule has 0 aromatic heterocycles. The van der Waals surface area contributed by atoms with Crippen LogP contribution in [0.15, 0.2) is 47.4 Å². The number of thioether (sulfide) groups is 1. The van der Waals surface area contributed by atoms with E-state index in [0.717, 1.165) is 4.90 Å². The minimum absolute atomic E-state index is 0.190. The fourth-order valence-electron chi connectivity index (χ4n) is 1.66. The predicted octanol–water partition coefficient (Wildman–Crippen LogP) is 3.82. The van der Waals surface area contributed by atoms with E-state index < -0.39 is 11.8 Å². The Hall–Kier alpha value is -2.01. The van der Waals surface area contributed by atoms with Gasteiger partial charge in [0.25, 0.3) is 0 Å². The van der Waals surface area contributed by atoms with Crippen molar-refractivity contribution >= 4 is 17.7 Å². The molecule has 3 nitrogen and oxygen atoms in total. The predicted molar refractivity (Wildman–Crippen MR) is 75.9 cm³/mol. The van der Waals surface area contributed by atoms with Crippen molar-refractivity contribution in [1.82, 2.24) is 0 Å². The Morgan fingerprint density at radius 1 is 1.25 bits per heavy atom. The summed E-state index contributed by atoms with van der Waals surface area (Å²) in [5.41, 5.74) is 0.250. The van der Waals surface area contributed by atoms with Crippen LogP contribution in [0.2, 0.25) is 0 Å². The SMILES string of the molecule is CSc1ccc(OCc2ccc(C(=O)O)c(F)c2)cc1. The summed E-state index contributed by atoms with van der Waals surface area (Å²) in [7, 11) is 0. The Bertz CT molecular complexity index is 611. The number of carboxylic acids is 1. The second kappa shape index (κ2) is 6.43. The van der Waals surface area contributed by atoms with Crippen molar-refractivity contribution in [3.63, 3.8) is 0 Å². The van der Waals surface area contributed by atoms with Gasteiger partial charge in [0.2, 0.25) is 0 Å². The lowest BCUT2D eigenvalue weighted by Gasteiger charge is -2.07. The summed E-state index contributed by atoms with van der Waals surface area (Å²) in [6.45, 7) is 0.190. The lowest BCUT2D eigenvalue weighted by molar-refractivity contribution is 0.0692. The highest BCUT2D eigenvalue weighted by Gasteiger charge is 2.10. The Kier molecular flexibility index (Phi) is 4.63. The summed E-state index contributed by atoms with van der Waals surface area (Å²) in [6, 6.07) is 11.5. The fraction of sp³-hybridized carbons (Fsp3) is 0.133. The molecule has 0 atom stereocenters. The average Bonchev–Trinajstić information content (AvgIpc) is 2.45. The van der Waals surface area contributed by atoms with Crippen LogP contribution >= 0.6 is 11.8 Å². The number of hydrogen-bond acceptors (Lipinski definition) is 3. The molecule has 0 fully saturated rings. The van der Waals surface area contributed by atoms with Gasteiger partial charge in [-0.05, 0) is 48.2 Å². The van der Waals surface area contributed by atoms with Crippen molar-refractivity contribution < 1.29 is 19.0 Å². The third-order valence-electron chi connectivity index (χ3n) is 2.73. The summed E-state index contributed by atoms with van der Waals surface area (Å²) >= 11 is 1.64. The second-order valence-corrected chi connectivity index (χ2v) is 4.96. The molecule has 0 unspecified atom stereocenters. The lowest BCUT2D eigenvalue weighted by atomic mass is 10.1. The van der Waals surface area contributed by atoms with E-state index in [9.17, 15) is 9.18 Å². The van der Waals surface area contributed by atoms with Gasteiger partial charge >= 0.3 is 5.97 Å². The zero-order valence-corrected chi connectivity index (χ0v) is 11.6. The van der Waals surface area contributed by atoms with Crippen molar-refractivity contribution in [2.75, 3.05) is 6.26 Å². The molecule has 2 aromatic rings. The van der Waals surface area contributed by atoms with Crippen molar-refractivity contribution in [2.45, 2.75) is 11.5 Å². The van der Waals surface area contributed by atoms with Crippen molar-refractivity contribution in [1.29, 1.82) is 0 Å². The van der Waals surface area contributed by atoms with Crippen LogP contribution in [0.5, 0.6) is 5.75 Å². The molecule has 20 heavy (non-hydrogen) atoms. The highest BCUT2D eigenvalue weighted by atomic mass is 32.2. The van der Waals surface area contributed by atoms with Gasteiger partial charge in [-0.25, -0.2) is 9.18 Å². The van der Waals surface area contributed by atoms with Crippen molar-refractivity contribution in [3.8, 4) is 5.75 Å². The van der Waals surface area contributed by atoms with Crippen LogP contribution < -0.4 is 4.74 Å². The van der Waals surface area contributed by atoms with Gasteiger partial charge in [0.15, 0.2) is 0 Å². The molecule has 2 aromatic carbocycles. The van der Waals surface area contributed by atoms with E-state index in [2.05, 4.69) is 0 Å². The Labute approximate surface area is 120 Å². The Morgan fingerprint density at radius 2 is 1.95 bits per heavy atom. The molecule has 0 aliphatic rings. The van der Waals surface area contributed by atoms with Gasteiger partial charge in [-0.3, -0.25) is 0 Å². The maximum Gasteiger partial charge on any atom is 0.338 e. The molecule has 0 amide bonds. The van der Waals surface area contributed by atoms with Gasteiger partial charge in [-0.15, -0.1) is 11.8 Å². The number of halogens is 1. The van der Waals surface area contributed by atoms with E-state index in [1.165, 1.54) is 12.1 Å². The van der Waals surface area contributed by atoms with E-state index in [4.69, 9.17) is 9.84 Å². The number of aromatic carboxylic acids is 1. The number of carboxylic acid groups (broad SMARTS) is 1. The van der Waals surface area contributed by atoms with E-state index in [0.29, 0.717) is 11.3 Å². The molecule has 104 valence electrons. The smallest absolute Gasteiger partial charge is 0.338 e. The van der Waals surface area contributed by atoms with Crippen LogP contribution in [-0.2, 0) is 6.61 Å². The zero-order valence-electron chi connectivity index (χ0n) is 10.8. The van der Waals surface area contributed by atoms with Crippen LogP contribution in [0.1, 0.15) is 15.9 Å². The van der Waals surface area contributed by atoms with E-state index in [1.54, 1.807) is 17.8 Å². The summed E-state index contributed by atoms with van der Waals surface area (Å²) in [5, 5.41) is 8.74. The third-order valence-corrected chi connectivity index (χ3v) is 3.47. The lowest BCUT2D eigenvalue weighted by Crippen LogP contribution is -2.02. The van der Waals surface area contributed by atoms with Gasteiger partial charge in [-0.2, -0.15) is 0 Å². The van der Waals surface area contributed by atoms with Gasteiger partial charge in [0, 0.05) is 4.90 Å². The largest absolute Gasteiger partial charge is 0.489 e. The van der Waals surface area contributed by atoms with E-state index >= 15 is 0 Å². The first-order valence-corrected chi connectivity index (χ1v) is 7.11. The molecule has 5 heteroatoms. The second-order valence-electron chi connectivity index (χ2n) is 4.08. The number of rotatable bonds is 5. The summed E-state index contributed by atoms with van der Waals surface area (Å²) in [6.07, 6.45) is 1.99. The standard InChI is InChI=1S/C15H13FO3S/c1-20-12-5-3-11(4-6-12)19-9-10-2-7-13(15(17)18)14(16)8-10/h2-8H,9H2,1H3,(H,17,18). The maximum absolute atomic E-state index is 13.5. The summed E-state index contributed by atoms with van der Waals surface area (Å²) < 4.78 is 19.0. The minimum Gasteiger partial charge on any atom is -0.489 e. The molecule has 0 saturated heterocycles. The van der Waals surface area contributed by atoms with Crippen LogP contribution in [0.4, 0.5) is 4.39 Å². The quantitative estimate of drug-likeness (QED) is 0.851. The molecular formula is C15H13FO3S. The first-order valence-electron chi connectivity index (χ1n) is 5.88. The van der Waals surface area contributed by atoms with Gasteiger partial charge in [0.05, 0.1) is 5.56 Å². The highest BCUT2D eigenvalue weighted by molar-refractivity contribution is 7.98. The van der Waals surface area contributed by atoms with Gasteiger partial charge < -0.3 is 9.84 Å². The number of carbonyl (C=O) groups is 1. The molecule has 2 rings (SSSR count). The Morgan fingerprint density at radius 3 is 2.50 bits per heavy atom. The van der Waals surface area contributed by atoms with Crippen molar-refractivity contribution in [3.05, 3.63) is 59.4 Å². The van der Waals surface area contributed by atoms with Crippen LogP contribution in [0.3, 0.4) is 0 Å². The zero-order chi connectivity index (χ0) is 14.5. The summed E-state index contributed by atoms with van der Waals surface area (Å²) in [4.78, 5) is 11.8. The first-order chi connectivity index (χ1) is 9.60. The Balaban J connectivity index is 2.03. The molecule has 0 bridgehead atoms. The molecular weight excluding hydrogens is 279 g/mol. The normalized spacial score (nSPS) is 10.3. The highest BCUT2D eigenvalue weighted by Crippen LogP contribution is 2.20. The fourth-order valence-corrected chi connectivity index (χ4v) is 2.07. The number of ether oxygens (including phenoxy) is 1. The average molecular weight is 292 g/mol. The van der Waals surface area contributed by atoms with Gasteiger partial charge in [0.1, 0.15) is 18.2 Å². The third kappa shape index (κ3) is 3.51. The summed E-state index contributed by atoms with van der Waals surface area (Å²) in [5.74, 6) is -1.34. The van der Waals surface area contributed by atoms with Gasteiger partial charge in [-0.1, -0.05) is 6.07 Å². The minimum atomic E-state index is -1.28. The topological polar surface area (TPSA) is 46.5 Å². The van der Waals surface area contributed by atoms with Crippen LogP contribution in [0.25, 0.3) is 0 Å².